The van der Waals surface area contributed by atoms with Crippen LogP contribution in [0.4, 0.5) is 0 Å². The third-order valence-corrected chi connectivity index (χ3v) is 6.56. The zero-order valence-electron chi connectivity index (χ0n) is 23.6. The Labute approximate surface area is 242 Å². The molecule has 0 fully saturated rings. The van der Waals surface area contributed by atoms with Gasteiger partial charge in [0.1, 0.15) is 33.0 Å². The number of rotatable bonds is 16. The number of thiocarbonyl (C=S) groups is 2. The van der Waals surface area contributed by atoms with Crippen molar-refractivity contribution in [3.63, 3.8) is 0 Å². The van der Waals surface area contributed by atoms with E-state index in [4.69, 9.17) is 43.4 Å². The van der Waals surface area contributed by atoms with Gasteiger partial charge in [0.15, 0.2) is 11.6 Å². The first-order valence-corrected chi connectivity index (χ1v) is 13.8. The number of ether oxygens (including phenoxy) is 4. The van der Waals surface area contributed by atoms with Crippen LogP contribution < -0.4 is 18.9 Å². The molecule has 0 radical (unpaired) electrons. The summed E-state index contributed by atoms with van der Waals surface area (Å²) in [5.41, 5.74) is 1.31. The van der Waals surface area contributed by atoms with Gasteiger partial charge >= 0.3 is 0 Å². The van der Waals surface area contributed by atoms with Gasteiger partial charge in [0.05, 0.1) is 57.1 Å². The lowest BCUT2D eigenvalue weighted by molar-refractivity contribution is -0.127. The average molecular weight is 575 g/mol. The van der Waals surface area contributed by atoms with Crippen LogP contribution in [0.3, 0.4) is 0 Å². The molecule has 0 aromatic heterocycles. The molecule has 8 nitrogen and oxygen atoms in total. The van der Waals surface area contributed by atoms with Crippen LogP contribution in [0, 0.1) is 0 Å². The number of benzene rings is 2. The summed E-state index contributed by atoms with van der Waals surface area (Å²) >= 11 is 11.3. The van der Waals surface area contributed by atoms with E-state index in [0.717, 1.165) is 0 Å². The molecule has 0 saturated heterocycles. The third-order valence-electron chi connectivity index (χ3n) is 5.50. The minimum Gasteiger partial charge on any atom is -0.494 e. The highest BCUT2D eigenvalue weighted by atomic mass is 32.1. The van der Waals surface area contributed by atoms with E-state index >= 15 is 0 Å². The van der Waals surface area contributed by atoms with Gasteiger partial charge in [0.25, 0.3) is 0 Å². The minimum absolute atomic E-state index is 0.0198. The summed E-state index contributed by atoms with van der Waals surface area (Å²) in [7, 11) is 3.44. The van der Waals surface area contributed by atoms with E-state index in [1.165, 1.54) is 0 Å². The number of likely N-dealkylation sites (N-methyl/N-ethyl adjacent to an activating group) is 2. The van der Waals surface area contributed by atoms with Crippen LogP contribution in [0.1, 0.15) is 45.2 Å². The summed E-state index contributed by atoms with van der Waals surface area (Å²) < 4.78 is 22.6. The molecule has 10 heteroatoms. The predicted octanol–water partition coefficient (Wildman–Crippen LogP) is 4.72. The van der Waals surface area contributed by atoms with Gasteiger partial charge in [-0.1, -0.05) is 24.4 Å². The van der Waals surface area contributed by atoms with E-state index in [1.54, 1.807) is 48.2 Å². The molecule has 0 N–H and O–H groups in total. The largest absolute Gasteiger partial charge is 0.494 e. The quantitative estimate of drug-likeness (QED) is 0.208. The second-order valence-electron chi connectivity index (χ2n) is 8.62. The van der Waals surface area contributed by atoms with Crippen LogP contribution in [0.25, 0.3) is 0 Å². The van der Waals surface area contributed by atoms with Crippen LogP contribution in [-0.2, 0) is 9.59 Å². The van der Waals surface area contributed by atoms with Crippen molar-refractivity contribution in [2.45, 2.75) is 34.1 Å². The van der Waals surface area contributed by atoms with Gasteiger partial charge in [-0.3, -0.25) is 9.59 Å². The van der Waals surface area contributed by atoms with Gasteiger partial charge in [0, 0.05) is 14.1 Å². The van der Waals surface area contributed by atoms with Crippen molar-refractivity contribution < 1.29 is 28.5 Å². The summed E-state index contributed by atoms with van der Waals surface area (Å²) in [6, 6.07) is 10.8. The van der Waals surface area contributed by atoms with Gasteiger partial charge < -0.3 is 28.7 Å². The van der Waals surface area contributed by atoms with Crippen LogP contribution in [0.2, 0.25) is 0 Å². The molecule has 0 atom stereocenters. The number of hydrogen-bond acceptors (Lipinski definition) is 8. The third kappa shape index (κ3) is 9.47. The number of Topliss-reactive ketones (excluding diaryl/α,β-unsaturated/α-hetero) is 2. The smallest absolute Gasteiger partial charge is 0.159 e. The molecule has 0 saturated carbocycles. The fourth-order valence-corrected chi connectivity index (χ4v) is 4.29. The Morgan fingerprint density at radius 2 is 1.00 bits per heavy atom. The highest BCUT2D eigenvalue weighted by molar-refractivity contribution is 7.81. The highest BCUT2D eigenvalue weighted by Gasteiger charge is 2.21. The molecule has 2 aromatic rings. The molecule has 2 aromatic carbocycles. The second kappa shape index (κ2) is 16.0. The van der Waals surface area contributed by atoms with E-state index in [1.807, 2.05) is 39.8 Å². The van der Waals surface area contributed by atoms with Crippen molar-refractivity contribution in [2.75, 3.05) is 53.6 Å². The van der Waals surface area contributed by atoms with E-state index < -0.39 is 0 Å². The summed E-state index contributed by atoms with van der Waals surface area (Å²) in [4.78, 5) is 29.7. The zero-order chi connectivity index (χ0) is 28.9. The Morgan fingerprint density at radius 1 is 0.641 bits per heavy atom. The molecule has 2 rings (SSSR count). The Kier molecular flexibility index (Phi) is 13.1. The van der Waals surface area contributed by atoms with Crippen molar-refractivity contribution in [3.8, 4) is 23.0 Å². The van der Waals surface area contributed by atoms with Crippen molar-refractivity contribution in [3.05, 3.63) is 47.5 Å². The Hall–Kier alpha value is -3.24. The van der Waals surface area contributed by atoms with E-state index in [2.05, 4.69) is 0 Å². The Morgan fingerprint density at radius 3 is 1.33 bits per heavy atom. The van der Waals surface area contributed by atoms with Crippen molar-refractivity contribution in [2.24, 2.45) is 0 Å². The van der Waals surface area contributed by atoms with Gasteiger partial charge in [-0.25, -0.2) is 0 Å². The maximum absolute atomic E-state index is 12.8. The Bertz CT molecular complexity index is 1080. The summed E-state index contributed by atoms with van der Waals surface area (Å²) in [6.45, 7) is 9.50. The molecule has 0 unspecified atom stereocenters. The van der Waals surface area contributed by atoms with Gasteiger partial charge in [-0.15, -0.1) is 0 Å². The van der Waals surface area contributed by atoms with Crippen molar-refractivity contribution >= 4 is 46.0 Å². The lowest BCUT2D eigenvalue weighted by atomic mass is 10.1. The second-order valence-corrected chi connectivity index (χ2v) is 9.40. The zero-order valence-corrected chi connectivity index (χ0v) is 25.2. The molecule has 0 bridgehead atoms. The number of ketones is 2. The summed E-state index contributed by atoms with van der Waals surface area (Å²) in [5.74, 6) is 2.03. The van der Waals surface area contributed by atoms with Crippen LogP contribution >= 0.6 is 24.4 Å². The van der Waals surface area contributed by atoms with Gasteiger partial charge in [0.2, 0.25) is 0 Å². The Balaban J connectivity index is 2.03. The van der Waals surface area contributed by atoms with E-state index in [-0.39, 0.29) is 31.1 Å². The fraction of sp³-hybridized carbons (Fsp3) is 0.448. The summed E-state index contributed by atoms with van der Waals surface area (Å²) in [5, 5.41) is 0. The predicted molar refractivity (Wildman–Crippen MR) is 161 cm³/mol. The molecular formula is C29H38N2O6S2. The van der Waals surface area contributed by atoms with Crippen LogP contribution in [0.15, 0.2) is 36.4 Å². The highest BCUT2D eigenvalue weighted by Crippen LogP contribution is 2.27. The molecule has 0 aliphatic rings. The van der Waals surface area contributed by atoms with Crippen molar-refractivity contribution in [1.29, 1.82) is 0 Å². The molecule has 0 aliphatic heterocycles. The van der Waals surface area contributed by atoms with Gasteiger partial charge in [-0.2, -0.15) is 0 Å². The lowest BCUT2D eigenvalue weighted by Crippen LogP contribution is -2.35. The number of nitrogens with zero attached hydrogens (tertiary/aromatic N) is 2. The standard InChI is InChI=1S/C29H38N2O6S2/c1-7-34-22-11-13-26(36-9-3)24(16-22)28(38)30(5)18-20(32)15-21(33)19-31(6)29(39)25-17-23(35-8-2)12-14-27(25)37-10-4/h11-14,16-17H,7-10,15,18-19H2,1-6H3. The first-order valence-electron chi connectivity index (χ1n) is 13.0. The molecule has 0 amide bonds. The molecule has 0 aliphatic carbocycles. The average Bonchev–Trinajstić information content (AvgIpc) is 2.89. The molecule has 212 valence electrons. The van der Waals surface area contributed by atoms with E-state index in [0.29, 0.717) is 70.5 Å². The topological polar surface area (TPSA) is 77.5 Å². The first-order chi connectivity index (χ1) is 18.6. The maximum Gasteiger partial charge on any atom is 0.159 e. The monoisotopic (exact) mass is 574 g/mol. The van der Waals surface area contributed by atoms with E-state index in [9.17, 15) is 9.59 Å². The molecule has 0 heterocycles. The molecule has 0 spiro atoms. The van der Waals surface area contributed by atoms with Crippen LogP contribution in [0.5, 0.6) is 23.0 Å². The number of carbonyl (C=O) groups is 2. The van der Waals surface area contributed by atoms with Crippen molar-refractivity contribution in [1.82, 2.24) is 9.80 Å². The normalized spacial score (nSPS) is 10.4. The summed E-state index contributed by atoms with van der Waals surface area (Å²) in [6.07, 6.45) is -0.242. The molecule has 39 heavy (non-hydrogen) atoms. The van der Waals surface area contributed by atoms with Gasteiger partial charge in [-0.05, 0) is 64.1 Å². The van der Waals surface area contributed by atoms with Crippen LogP contribution in [-0.4, -0.2) is 85.0 Å². The maximum atomic E-state index is 12.8. The first kappa shape index (κ1) is 32.0. The number of hydrogen-bond donors (Lipinski definition) is 0. The SMILES string of the molecule is CCOc1ccc(OCC)c(C(=S)N(C)CC(=O)CC(=O)CN(C)C(=S)c2cc(OCC)ccc2OCC)c1. The minimum atomic E-state index is -0.253. The molecular weight excluding hydrogens is 536 g/mol. The number of carbonyl (C=O) groups excluding carboxylic acids is 2. The lowest BCUT2D eigenvalue weighted by Gasteiger charge is -2.23. The fourth-order valence-electron chi connectivity index (χ4n) is 3.84.